The second kappa shape index (κ2) is 5.37. The van der Waals surface area contributed by atoms with Crippen molar-refractivity contribution in [1.82, 2.24) is 9.80 Å². The lowest BCUT2D eigenvalue weighted by atomic mass is 10.1. The molecular formula is C12H21N3. The first-order valence-electron chi connectivity index (χ1n) is 6.29. The lowest BCUT2D eigenvalue weighted by Crippen LogP contribution is -2.48. The Labute approximate surface area is 92.7 Å². The van der Waals surface area contributed by atoms with E-state index in [1.807, 2.05) is 4.90 Å². The molecular weight excluding hydrogens is 186 g/mol. The zero-order chi connectivity index (χ0) is 10.5. The fraction of sp³-hybridized carbons (Fsp3) is 0.917. The van der Waals surface area contributed by atoms with Crippen LogP contribution in [0.2, 0.25) is 0 Å². The van der Waals surface area contributed by atoms with Crippen molar-refractivity contribution in [2.24, 2.45) is 0 Å². The first-order chi connectivity index (χ1) is 7.40. The van der Waals surface area contributed by atoms with Gasteiger partial charge in [-0.2, -0.15) is 5.26 Å². The Hall–Kier alpha value is -0.750. The largest absolute Gasteiger partial charge is 0.308 e. The van der Waals surface area contributed by atoms with Crippen LogP contribution in [0, 0.1) is 11.5 Å². The molecule has 1 saturated carbocycles. The third-order valence-corrected chi connectivity index (χ3v) is 3.80. The number of nitrogens with zero attached hydrogens (tertiary/aromatic N) is 3. The summed E-state index contributed by atoms with van der Waals surface area (Å²) in [6.45, 7) is 4.07. The smallest absolute Gasteiger partial charge is 0.179 e. The normalized spacial score (nSPS) is 25.9. The molecule has 2 aliphatic rings. The lowest BCUT2D eigenvalue weighted by Gasteiger charge is -2.37. The Morgan fingerprint density at radius 3 is 2.00 bits per heavy atom. The maximum absolute atomic E-state index is 8.79. The van der Waals surface area contributed by atoms with E-state index in [1.165, 1.54) is 38.5 Å². The molecule has 0 radical (unpaired) electrons. The summed E-state index contributed by atoms with van der Waals surface area (Å²) in [5.41, 5.74) is 0. The molecule has 2 rings (SSSR count). The Kier molecular flexibility index (Phi) is 3.85. The van der Waals surface area contributed by atoms with Crippen molar-refractivity contribution >= 4 is 0 Å². The van der Waals surface area contributed by atoms with Crippen molar-refractivity contribution in [3.8, 4) is 6.19 Å². The summed E-state index contributed by atoms with van der Waals surface area (Å²) in [4.78, 5) is 4.49. The van der Waals surface area contributed by atoms with Crippen molar-refractivity contribution in [3.63, 3.8) is 0 Å². The van der Waals surface area contributed by atoms with E-state index in [4.69, 9.17) is 5.26 Å². The van der Waals surface area contributed by atoms with Gasteiger partial charge in [-0.15, -0.1) is 0 Å². The van der Waals surface area contributed by atoms with Gasteiger partial charge in [0.2, 0.25) is 0 Å². The van der Waals surface area contributed by atoms with E-state index < -0.39 is 0 Å². The maximum atomic E-state index is 8.79. The molecule has 1 aliphatic carbocycles. The minimum Gasteiger partial charge on any atom is -0.308 e. The highest BCUT2D eigenvalue weighted by Gasteiger charge is 2.23. The molecule has 0 aromatic carbocycles. The van der Waals surface area contributed by atoms with Crippen molar-refractivity contribution in [3.05, 3.63) is 0 Å². The van der Waals surface area contributed by atoms with E-state index in [-0.39, 0.29) is 0 Å². The molecule has 2 fully saturated rings. The van der Waals surface area contributed by atoms with E-state index in [0.29, 0.717) is 0 Å². The van der Waals surface area contributed by atoms with Crippen molar-refractivity contribution in [2.45, 2.75) is 44.6 Å². The molecule has 1 aliphatic heterocycles. The second-order valence-electron chi connectivity index (χ2n) is 4.77. The molecule has 0 bridgehead atoms. The standard InChI is InChI=1S/C12H21N3/c13-11-14-7-9-15(10-8-14)12-5-3-1-2-4-6-12/h12H,1-10H2. The number of piperazine rings is 1. The average Bonchev–Trinajstić information content (AvgIpc) is 2.58. The molecule has 3 heteroatoms. The highest BCUT2D eigenvalue weighted by atomic mass is 15.3. The Balaban J connectivity index is 1.81. The zero-order valence-electron chi connectivity index (χ0n) is 9.49. The molecule has 84 valence electrons. The summed E-state index contributed by atoms with van der Waals surface area (Å²) in [5.74, 6) is 0. The molecule has 15 heavy (non-hydrogen) atoms. The molecule has 0 atom stereocenters. The molecule has 0 aromatic rings. The van der Waals surface area contributed by atoms with Gasteiger partial charge < -0.3 is 4.90 Å². The summed E-state index contributed by atoms with van der Waals surface area (Å²) in [5, 5.41) is 8.79. The maximum Gasteiger partial charge on any atom is 0.179 e. The predicted octanol–water partition coefficient (Wildman–Crippen LogP) is 1.81. The fourth-order valence-corrected chi connectivity index (χ4v) is 2.81. The molecule has 0 spiro atoms. The summed E-state index contributed by atoms with van der Waals surface area (Å²) in [6, 6.07) is 0.813. The van der Waals surface area contributed by atoms with Crippen LogP contribution in [0.25, 0.3) is 0 Å². The Bertz CT molecular complexity index is 218. The van der Waals surface area contributed by atoms with E-state index in [0.717, 1.165) is 32.2 Å². The van der Waals surface area contributed by atoms with Gasteiger partial charge in [0.05, 0.1) is 0 Å². The summed E-state index contributed by atoms with van der Waals surface area (Å²) < 4.78 is 0. The van der Waals surface area contributed by atoms with Gasteiger partial charge in [-0.1, -0.05) is 25.7 Å². The zero-order valence-corrected chi connectivity index (χ0v) is 9.49. The topological polar surface area (TPSA) is 30.3 Å². The van der Waals surface area contributed by atoms with Crippen molar-refractivity contribution in [1.29, 1.82) is 5.26 Å². The molecule has 0 unspecified atom stereocenters. The third kappa shape index (κ3) is 2.85. The number of nitriles is 1. The monoisotopic (exact) mass is 207 g/mol. The SMILES string of the molecule is N#CN1CCN(C2CCCCCC2)CC1. The van der Waals surface area contributed by atoms with Gasteiger partial charge in [-0.3, -0.25) is 4.90 Å². The minimum atomic E-state index is 0.813. The summed E-state index contributed by atoms with van der Waals surface area (Å²) in [6.07, 6.45) is 10.7. The molecule has 1 heterocycles. The van der Waals surface area contributed by atoms with Gasteiger partial charge >= 0.3 is 0 Å². The van der Waals surface area contributed by atoms with Crippen LogP contribution in [0.1, 0.15) is 38.5 Å². The van der Waals surface area contributed by atoms with E-state index in [9.17, 15) is 0 Å². The fourth-order valence-electron chi connectivity index (χ4n) is 2.81. The van der Waals surface area contributed by atoms with Gasteiger partial charge in [0.15, 0.2) is 6.19 Å². The molecule has 3 nitrogen and oxygen atoms in total. The number of hydrogen-bond donors (Lipinski definition) is 0. The van der Waals surface area contributed by atoms with Crippen LogP contribution in [-0.2, 0) is 0 Å². The van der Waals surface area contributed by atoms with E-state index in [2.05, 4.69) is 11.1 Å². The summed E-state index contributed by atoms with van der Waals surface area (Å²) in [7, 11) is 0. The van der Waals surface area contributed by atoms with Gasteiger partial charge in [0, 0.05) is 32.2 Å². The van der Waals surface area contributed by atoms with Crippen LogP contribution < -0.4 is 0 Å². The first-order valence-corrected chi connectivity index (χ1v) is 6.29. The lowest BCUT2D eigenvalue weighted by molar-refractivity contribution is 0.116. The molecule has 0 amide bonds. The Morgan fingerprint density at radius 1 is 0.867 bits per heavy atom. The highest BCUT2D eigenvalue weighted by Crippen LogP contribution is 2.22. The van der Waals surface area contributed by atoms with Gasteiger partial charge in [-0.25, -0.2) is 0 Å². The predicted molar refractivity (Wildman–Crippen MR) is 60.2 cm³/mol. The molecule has 0 N–H and O–H groups in total. The van der Waals surface area contributed by atoms with Crippen LogP contribution in [0.3, 0.4) is 0 Å². The molecule has 1 saturated heterocycles. The first kappa shape index (κ1) is 10.8. The third-order valence-electron chi connectivity index (χ3n) is 3.80. The van der Waals surface area contributed by atoms with E-state index >= 15 is 0 Å². The quantitative estimate of drug-likeness (QED) is 0.485. The van der Waals surface area contributed by atoms with Gasteiger partial charge in [0.1, 0.15) is 0 Å². The van der Waals surface area contributed by atoms with Crippen molar-refractivity contribution < 1.29 is 0 Å². The number of hydrogen-bond acceptors (Lipinski definition) is 3. The van der Waals surface area contributed by atoms with Gasteiger partial charge in [0.25, 0.3) is 0 Å². The van der Waals surface area contributed by atoms with E-state index in [1.54, 1.807) is 0 Å². The Morgan fingerprint density at radius 2 is 1.47 bits per heavy atom. The second-order valence-corrected chi connectivity index (χ2v) is 4.77. The van der Waals surface area contributed by atoms with Crippen LogP contribution in [0.5, 0.6) is 0 Å². The van der Waals surface area contributed by atoms with Gasteiger partial charge in [-0.05, 0) is 12.8 Å². The molecule has 0 aromatic heterocycles. The van der Waals surface area contributed by atoms with Crippen molar-refractivity contribution in [2.75, 3.05) is 26.2 Å². The van der Waals surface area contributed by atoms with Crippen LogP contribution >= 0.6 is 0 Å². The van der Waals surface area contributed by atoms with Crippen LogP contribution in [0.4, 0.5) is 0 Å². The number of rotatable bonds is 1. The van der Waals surface area contributed by atoms with Crippen LogP contribution in [0.15, 0.2) is 0 Å². The highest BCUT2D eigenvalue weighted by molar-refractivity contribution is 4.84. The average molecular weight is 207 g/mol. The van der Waals surface area contributed by atoms with Crippen LogP contribution in [-0.4, -0.2) is 42.0 Å². The summed E-state index contributed by atoms with van der Waals surface area (Å²) >= 11 is 0. The minimum absolute atomic E-state index is 0.813.